The first-order valence-electron chi connectivity index (χ1n) is 13.4. The minimum absolute atomic E-state index is 0.0461. The van der Waals surface area contributed by atoms with Gasteiger partial charge in [-0.05, 0) is 68.5 Å². The van der Waals surface area contributed by atoms with E-state index in [9.17, 15) is 18.0 Å². The predicted molar refractivity (Wildman–Crippen MR) is 152 cm³/mol. The zero-order valence-electron chi connectivity index (χ0n) is 22.6. The van der Waals surface area contributed by atoms with Gasteiger partial charge in [-0.15, -0.1) is 0 Å². The molecule has 39 heavy (non-hydrogen) atoms. The average molecular weight is 552 g/mol. The summed E-state index contributed by atoms with van der Waals surface area (Å²) in [5.41, 5.74) is 3.65. The molecule has 1 aliphatic heterocycles. The van der Waals surface area contributed by atoms with E-state index in [4.69, 9.17) is 9.29 Å². The minimum Gasteiger partial charge on any atom is -0.466 e. The number of hydrogen-bond acceptors (Lipinski definition) is 6. The number of allylic oxidation sites excluding steroid dienone is 2. The molecule has 4 rings (SSSR count). The van der Waals surface area contributed by atoms with Crippen molar-refractivity contribution in [2.75, 3.05) is 19.7 Å². The Morgan fingerprint density at radius 1 is 1.08 bits per heavy atom. The molecule has 1 heterocycles. The van der Waals surface area contributed by atoms with Crippen LogP contribution in [-0.2, 0) is 24.4 Å². The molecule has 0 bridgehead atoms. The highest BCUT2D eigenvalue weighted by molar-refractivity contribution is 7.85. The second-order valence-electron chi connectivity index (χ2n) is 9.84. The van der Waals surface area contributed by atoms with Crippen LogP contribution < -0.4 is 0 Å². The molecule has 1 fully saturated rings. The van der Waals surface area contributed by atoms with Gasteiger partial charge in [-0.1, -0.05) is 79.6 Å². The van der Waals surface area contributed by atoms with Crippen LogP contribution in [0, 0.1) is 12.8 Å². The predicted octanol–water partition coefficient (Wildman–Crippen LogP) is 5.45. The first kappa shape index (κ1) is 30.3. The van der Waals surface area contributed by atoms with Crippen molar-refractivity contribution < 1.29 is 27.3 Å². The number of hydrogen-bond donors (Lipinski definition) is 1. The van der Waals surface area contributed by atoms with Crippen LogP contribution in [0.1, 0.15) is 50.2 Å². The summed E-state index contributed by atoms with van der Waals surface area (Å²) in [5.74, 6) is 2.49. The summed E-state index contributed by atoms with van der Waals surface area (Å²) in [6.45, 7) is 6.20. The van der Waals surface area contributed by atoms with Crippen molar-refractivity contribution in [3.8, 4) is 0 Å². The van der Waals surface area contributed by atoms with Gasteiger partial charge in [0.25, 0.3) is 10.1 Å². The molecule has 1 N–H and O–H groups in total. The monoisotopic (exact) mass is 551 g/mol. The Kier molecular flexibility index (Phi) is 11.4. The molecule has 2 aliphatic rings. The van der Waals surface area contributed by atoms with Crippen LogP contribution >= 0.6 is 0 Å². The van der Waals surface area contributed by atoms with Gasteiger partial charge >= 0.3 is 5.97 Å². The lowest BCUT2D eigenvalue weighted by Crippen LogP contribution is -2.42. The van der Waals surface area contributed by atoms with Crippen LogP contribution in [0.4, 0.5) is 0 Å². The van der Waals surface area contributed by atoms with E-state index in [0.717, 1.165) is 55.5 Å². The van der Waals surface area contributed by atoms with Crippen LogP contribution in [0.15, 0.2) is 83.3 Å². The van der Waals surface area contributed by atoms with Gasteiger partial charge in [0.15, 0.2) is 0 Å². The summed E-state index contributed by atoms with van der Waals surface area (Å²) < 4.78 is 34.9. The molecule has 0 radical (unpaired) electrons. The summed E-state index contributed by atoms with van der Waals surface area (Å²) >= 11 is 0. The Labute approximate surface area is 231 Å². The standard InChI is InChI=1S/C24H29NO3.C7H8O3S/c1-2-3-16-28-24(27)17-19-12-14-25(15-13-19)23-11-7-10-21(22(23)18-26)20-8-5-4-6-9-20;1-6-2-4-7(5-3-6)11(8,9)10/h4-11,19,23H,2-3,12-17H2,1H3;2-5H,1H3,(H,8,9,10). The Morgan fingerprint density at radius 3 is 2.33 bits per heavy atom. The smallest absolute Gasteiger partial charge is 0.306 e. The molecular weight excluding hydrogens is 514 g/mol. The van der Waals surface area contributed by atoms with Crippen molar-refractivity contribution >= 4 is 27.6 Å². The fourth-order valence-corrected chi connectivity index (χ4v) is 5.14. The van der Waals surface area contributed by atoms with E-state index in [0.29, 0.717) is 24.5 Å². The highest BCUT2D eigenvalue weighted by Crippen LogP contribution is 2.32. The fraction of sp³-hybridized carbons (Fsp3) is 0.387. The van der Waals surface area contributed by atoms with Crippen molar-refractivity contribution in [1.29, 1.82) is 0 Å². The van der Waals surface area contributed by atoms with E-state index in [2.05, 4.69) is 23.8 Å². The van der Waals surface area contributed by atoms with Gasteiger partial charge in [0.2, 0.25) is 0 Å². The number of esters is 1. The maximum absolute atomic E-state index is 12.0. The first-order valence-corrected chi connectivity index (χ1v) is 14.8. The molecule has 7 nitrogen and oxygen atoms in total. The van der Waals surface area contributed by atoms with Gasteiger partial charge < -0.3 is 4.74 Å². The Morgan fingerprint density at radius 2 is 1.74 bits per heavy atom. The van der Waals surface area contributed by atoms with Gasteiger partial charge in [0.1, 0.15) is 5.94 Å². The third kappa shape index (κ3) is 9.15. The molecule has 8 heteroatoms. The second-order valence-corrected chi connectivity index (χ2v) is 11.3. The van der Waals surface area contributed by atoms with Crippen LogP contribution in [0.2, 0.25) is 0 Å². The molecule has 2 aromatic carbocycles. The number of likely N-dealkylation sites (tertiary alicyclic amines) is 1. The normalized spacial score (nSPS) is 18.0. The van der Waals surface area contributed by atoms with Crippen molar-refractivity contribution in [2.24, 2.45) is 5.92 Å². The van der Waals surface area contributed by atoms with Crippen LogP contribution in [-0.4, -0.2) is 55.5 Å². The molecule has 1 unspecified atom stereocenters. The summed E-state index contributed by atoms with van der Waals surface area (Å²) in [4.78, 5) is 26.0. The molecule has 0 amide bonds. The first-order chi connectivity index (χ1) is 18.7. The van der Waals surface area contributed by atoms with Crippen LogP contribution in [0.25, 0.3) is 5.57 Å². The number of carbonyl (C=O) groups excluding carboxylic acids is 2. The number of benzene rings is 2. The maximum Gasteiger partial charge on any atom is 0.306 e. The number of rotatable bonds is 8. The third-order valence-corrected chi connectivity index (χ3v) is 7.78. The highest BCUT2D eigenvalue weighted by Gasteiger charge is 2.30. The number of aryl methyl sites for hydroxylation is 1. The molecule has 1 atom stereocenters. The van der Waals surface area contributed by atoms with Crippen molar-refractivity contribution in [1.82, 2.24) is 4.90 Å². The van der Waals surface area contributed by atoms with Crippen molar-refractivity contribution in [3.63, 3.8) is 0 Å². The summed E-state index contributed by atoms with van der Waals surface area (Å²) in [6, 6.07) is 15.9. The average Bonchev–Trinajstić information content (AvgIpc) is 2.94. The molecule has 0 aromatic heterocycles. The molecular formula is C31H37NO6S. The van der Waals surface area contributed by atoms with Crippen molar-refractivity contribution in [3.05, 3.63) is 89.5 Å². The van der Waals surface area contributed by atoms with E-state index < -0.39 is 10.1 Å². The molecule has 0 spiro atoms. The van der Waals surface area contributed by atoms with Gasteiger partial charge in [0, 0.05) is 6.42 Å². The fourth-order valence-electron chi connectivity index (χ4n) is 4.66. The van der Waals surface area contributed by atoms with Gasteiger partial charge in [-0.25, -0.2) is 4.79 Å². The second kappa shape index (κ2) is 14.8. The lowest BCUT2D eigenvalue weighted by Gasteiger charge is -2.37. The molecule has 0 saturated carbocycles. The SMILES string of the molecule is CCCCOC(=O)CC1CCN(C2C=CC=C(c3ccccc3)C2=C=O)CC1.Cc1ccc(S(=O)(=O)O)cc1. The molecule has 1 saturated heterocycles. The topological polar surface area (TPSA) is 101 Å². The summed E-state index contributed by atoms with van der Waals surface area (Å²) in [7, 11) is -4.02. The minimum atomic E-state index is -4.02. The van der Waals surface area contributed by atoms with E-state index in [1.807, 2.05) is 49.4 Å². The van der Waals surface area contributed by atoms with Crippen LogP contribution in [0.5, 0.6) is 0 Å². The lowest BCUT2D eigenvalue weighted by atomic mass is 9.86. The van der Waals surface area contributed by atoms with Gasteiger partial charge in [-0.2, -0.15) is 8.42 Å². The highest BCUT2D eigenvalue weighted by atomic mass is 32.2. The zero-order chi connectivity index (χ0) is 28.3. The number of nitrogens with zero attached hydrogens (tertiary/aromatic N) is 1. The number of piperidine rings is 1. The van der Waals surface area contributed by atoms with E-state index in [1.54, 1.807) is 12.1 Å². The Balaban J connectivity index is 0.000000320. The largest absolute Gasteiger partial charge is 0.466 e. The molecule has 2 aromatic rings. The number of carbonyl (C=O) groups is 1. The van der Waals surface area contributed by atoms with Gasteiger partial charge in [-0.3, -0.25) is 14.2 Å². The number of unbranched alkanes of at least 4 members (excludes halogenated alkanes) is 1. The van der Waals surface area contributed by atoms with E-state index >= 15 is 0 Å². The van der Waals surface area contributed by atoms with E-state index in [1.165, 1.54) is 12.1 Å². The maximum atomic E-state index is 12.0. The Bertz CT molecular complexity index is 1300. The third-order valence-electron chi connectivity index (χ3n) is 6.91. The van der Waals surface area contributed by atoms with Crippen molar-refractivity contribution in [2.45, 2.75) is 56.9 Å². The van der Waals surface area contributed by atoms with E-state index in [-0.39, 0.29) is 16.9 Å². The summed E-state index contributed by atoms with van der Waals surface area (Å²) in [5, 5.41) is 0. The Hall–Kier alpha value is -3.29. The zero-order valence-corrected chi connectivity index (χ0v) is 23.4. The quantitative estimate of drug-likeness (QED) is 0.201. The molecule has 1 aliphatic carbocycles. The van der Waals surface area contributed by atoms with Crippen LogP contribution in [0.3, 0.4) is 0 Å². The summed E-state index contributed by atoms with van der Waals surface area (Å²) in [6.07, 6.45) is 10.5. The lowest BCUT2D eigenvalue weighted by molar-refractivity contribution is -0.145. The van der Waals surface area contributed by atoms with Gasteiger partial charge in [0.05, 0.1) is 23.1 Å². The number of ether oxygens (including phenoxy) is 1. The molecule has 208 valence electrons.